The van der Waals surface area contributed by atoms with E-state index < -0.39 is 0 Å². The van der Waals surface area contributed by atoms with Crippen LogP contribution in [-0.2, 0) is 136 Å². The van der Waals surface area contributed by atoms with E-state index in [-0.39, 0.29) is 421 Å². The van der Waals surface area contributed by atoms with Gasteiger partial charge in [0, 0.05) is 84.3 Å². The van der Waals surface area contributed by atoms with Crippen molar-refractivity contribution >= 4 is 76.1 Å². The van der Waals surface area contributed by atoms with E-state index in [2.05, 4.69) is 291 Å². The Morgan fingerprint density at radius 2 is 0.284 bits per heavy atom. The summed E-state index contributed by atoms with van der Waals surface area (Å²) in [6.07, 6.45) is 10.6. The molecule has 0 N–H and O–H groups in total. The summed E-state index contributed by atoms with van der Waals surface area (Å²) in [7, 11) is 0.743. The maximum atomic E-state index is 4.76. The molecule has 0 heterocycles. The summed E-state index contributed by atoms with van der Waals surface area (Å²) in [6, 6.07) is 35.1. The van der Waals surface area contributed by atoms with Crippen LogP contribution in [0.25, 0.3) is 0 Å². The second-order valence-corrected chi connectivity index (χ2v) is 34.1. The van der Waals surface area contributed by atoms with Crippen molar-refractivity contribution in [2.24, 2.45) is 0 Å². The maximum absolute atomic E-state index is 4.76. The molecule has 0 fully saturated rings. The van der Waals surface area contributed by atoms with E-state index in [9.17, 15) is 0 Å². The second-order valence-electron chi connectivity index (χ2n) is 21.9. The molecule has 8 rings (SSSR count). The third-order valence-electron chi connectivity index (χ3n) is 18.3. The number of alkyl halides is 2. The number of hydrogen-bond acceptors (Lipinski definition) is 0. The topological polar surface area (TPSA) is 0 Å². The van der Waals surface area contributed by atoms with E-state index in [1.54, 1.807) is 21.2 Å². The Kier molecular flexibility index (Phi) is 198. The van der Waals surface area contributed by atoms with E-state index in [1.165, 1.54) is 161 Å². The molecule has 0 nitrogen and oxygen atoms in total. The van der Waals surface area contributed by atoms with E-state index in [0.29, 0.717) is 0 Å². The molecular weight excluding hydrogens is 2570 g/mol. The van der Waals surface area contributed by atoms with Gasteiger partial charge >= 0.3 is 51.7 Å². The first kappa shape index (κ1) is 194. The smallest absolute Gasteiger partial charge is 1.00 e. The average Bonchev–Trinajstić information content (AvgIpc) is 4.41. The molecule has 0 unspecified atom stereocenters. The van der Waals surface area contributed by atoms with Crippen LogP contribution in [0, 0.1) is 138 Å². The molecule has 0 saturated heterocycles. The van der Waals surface area contributed by atoms with Crippen LogP contribution in [0.3, 0.4) is 0 Å². The van der Waals surface area contributed by atoms with E-state index in [1.807, 2.05) is 0 Å². The molecule has 0 aliphatic rings. The molecule has 652 valence electrons. The molecular formula is C77H118Cl22Hf2Mo4P4-20. The molecule has 0 amide bonds. The minimum Gasteiger partial charge on any atom is -1.00 e. The molecule has 0 aliphatic carbocycles. The Morgan fingerprint density at radius 3 is 0.330 bits per heavy atom. The van der Waals surface area contributed by atoms with Crippen LogP contribution < -0.4 is 269 Å². The first-order valence-electron chi connectivity index (χ1n) is 30.9. The Labute approximate surface area is 903 Å². The van der Waals surface area contributed by atoms with Crippen LogP contribution in [0.2, 0.25) is 0 Å². The van der Waals surface area contributed by atoms with Gasteiger partial charge in [0.2, 0.25) is 0 Å². The zero-order valence-corrected chi connectivity index (χ0v) is 104. The summed E-state index contributed by atoms with van der Waals surface area (Å²) in [4.78, 5) is 0. The Hall–Kier alpha value is 7.39. The average molecular weight is 2690 g/mol. The van der Waals surface area contributed by atoms with Crippen molar-refractivity contribution in [2.75, 3.05) is 54.6 Å². The summed E-state index contributed by atoms with van der Waals surface area (Å²) >= 11 is 9.53. The minimum atomic E-state index is 0. The van der Waals surface area contributed by atoms with Crippen LogP contribution in [0.15, 0.2) is 97.1 Å². The van der Waals surface area contributed by atoms with E-state index >= 15 is 0 Å². The van der Waals surface area contributed by atoms with Crippen molar-refractivity contribution in [1.82, 2.24) is 0 Å². The molecule has 0 bridgehead atoms. The normalized spacial score (nSPS) is 7.94. The van der Waals surface area contributed by atoms with Gasteiger partial charge in [-0.1, -0.05) is 194 Å². The predicted octanol–water partition coefficient (Wildman–Crippen LogP) is -36.5. The van der Waals surface area contributed by atoms with Gasteiger partial charge in [-0.3, -0.25) is 0 Å². The number of rotatable bonds is 12. The van der Waals surface area contributed by atoms with Gasteiger partial charge in [0.1, 0.15) is 0 Å². The zero-order valence-electron chi connectivity index (χ0n) is 68.3. The van der Waals surface area contributed by atoms with Gasteiger partial charge < -0.3 is 248 Å². The van der Waals surface area contributed by atoms with Gasteiger partial charge in [0.15, 0.2) is 0 Å². The molecule has 0 aliphatic heterocycles. The number of hydrogen-bond donors (Lipinski definition) is 0. The molecule has 0 atom stereocenters. The van der Waals surface area contributed by atoms with Crippen LogP contribution in [0.4, 0.5) is 0 Å². The van der Waals surface area contributed by atoms with E-state index in [4.69, 9.17) is 23.2 Å². The van der Waals surface area contributed by atoms with Crippen molar-refractivity contribution in [3.63, 3.8) is 0 Å². The van der Waals surface area contributed by atoms with Gasteiger partial charge in [0.05, 0.1) is 5.34 Å². The van der Waals surface area contributed by atoms with Crippen LogP contribution in [0.5, 0.6) is 0 Å². The molecule has 8 aromatic carbocycles. The summed E-state index contributed by atoms with van der Waals surface area (Å²) in [5, 5.41) is 6.47. The zero-order chi connectivity index (χ0) is 63.8. The Balaban J connectivity index is -0.0000000271. The molecule has 8 aromatic rings. The first-order chi connectivity index (χ1) is 39.2. The predicted molar refractivity (Wildman–Crippen MR) is 398 cm³/mol. The fourth-order valence-corrected chi connectivity index (χ4v) is 17.4. The van der Waals surface area contributed by atoms with Gasteiger partial charge in [0.25, 0.3) is 0 Å². The summed E-state index contributed by atoms with van der Waals surface area (Å²) in [6.45, 7) is 62.2. The van der Waals surface area contributed by atoms with E-state index in [0.717, 1.165) is 0 Å². The quantitative estimate of drug-likeness (QED) is 0.0495. The van der Waals surface area contributed by atoms with Crippen LogP contribution in [0.1, 0.15) is 167 Å². The second kappa shape index (κ2) is 111. The van der Waals surface area contributed by atoms with Crippen molar-refractivity contribution in [2.45, 2.75) is 194 Å². The van der Waals surface area contributed by atoms with Crippen LogP contribution in [-0.4, -0.2) is 54.6 Å². The maximum Gasteiger partial charge on any atom is 4.00 e. The van der Waals surface area contributed by atoms with Crippen LogP contribution >= 0.6 is 54.9 Å². The van der Waals surface area contributed by atoms with Gasteiger partial charge in [-0.25, -0.2) is 48.5 Å². The molecule has 32 heteroatoms. The third kappa shape index (κ3) is 68.3. The van der Waals surface area contributed by atoms with Crippen molar-refractivity contribution in [1.29, 1.82) is 0 Å². The molecule has 0 radical (unpaired) electrons. The molecule has 0 saturated carbocycles. The SMILES string of the molecule is CCP(CC)[c-]1cccc1.CCP(CC)[c-]1cccc1.CCP(CC)[c-]1cccc1.CCP(CC)[c-]1cccc1.Cc1c(C)c(C)[c-](C)c1C.Cc1c(C)c(C)[c-](C)c1C.Cc1c(C)c(C)[c-](C)c1C.Cc1c(C)c(C)[c-](C)c1C.ClCCl.[Cl-].[Cl-].[Cl-].[Cl-].[Cl-].[Cl-].[Cl-].[Cl-].[Cl-].[Cl-].[Cl-].[Cl-].[Cl-].[Cl-].[Cl-].[Cl-].[Cl-].[Cl-].[Cl-].[Cl-].[Hf+4].[Hf+4].[Mo].[Mo].[Mo].[Mo]. The van der Waals surface area contributed by atoms with Crippen molar-refractivity contribution < 1.29 is 384 Å². The molecule has 0 aromatic heterocycles. The summed E-state index contributed by atoms with van der Waals surface area (Å²) in [5.41, 5.74) is 29.4. The van der Waals surface area contributed by atoms with Gasteiger partial charge in [-0.2, -0.15) is 160 Å². The minimum absolute atomic E-state index is 0. The number of halogens is 22. The Bertz CT molecular complexity index is 2250. The van der Waals surface area contributed by atoms with Gasteiger partial charge in [-0.15, -0.1) is 76.1 Å². The fourth-order valence-electron chi connectivity index (χ4n) is 10.3. The standard InChI is InChI=1S/4C10H15.4C9H14P.CH2Cl2.20ClH.2Hf.4Mo/c4*1-6-7(2)9(4)10(5)8(6)3;4*1-3-10(4-2)9-7-5-6-8-9;2-1-3;;;;;;;;;;;;;;;;;;;;;;;;;;/h4*1-5H3;4*5-8H,3-4H2,1-2H3;1H2;20*1H;;;;;;/q8*-1;;;;;;;;;;;;;;;;;;;;;;2*+4;;;;/p-20. The largest absolute Gasteiger partial charge is 4.00 e. The van der Waals surface area contributed by atoms with Crippen molar-refractivity contribution in [3.8, 4) is 0 Å². The molecule has 0 spiro atoms. The third-order valence-corrected chi connectivity index (χ3v) is 28.6. The summed E-state index contributed by atoms with van der Waals surface area (Å²) in [5.74, 6) is 0. The first-order valence-corrected chi connectivity index (χ1v) is 38.8. The fraction of sp³-hybridized carbons (Fsp3) is 0.481. The monoisotopic (exact) mass is 2690 g/mol. The summed E-state index contributed by atoms with van der Waals surface area (Å²) < 4.78 is 0. The van der Waals surface area contributed by atoms with Crippen molar-refractivity contribution in [3.05, 3.63) is 208 Å². The Morgan fingerprint density at radius 1 is 0.211 bits per heavy atom. The van der Waals surface area contributed by atoms with Gasteiger partial charge in [-0.05, 0) is 49.3 Å². The molecule has 109 heavy (non-hydrogen) atoms.